The normalized spacial score (nSPS) is 12.0. The molecule has 0 aliphatic carbocycles. The van der Waals surface area contributed by atoms with Gasteiger partial charge in [0.25, 0.3) is 0 Å². The number of carboxylic acids is 1. The Morgan fingerprint density at radius 2 is 2.35 bits per heavy atom. The Morgan fingerprint density at radius 3 is 3.00 bits per heavy atom. The van der Waals surface area contributed by atoms with E-state index in [2.05, 4.69) is 9.98 Å². The monoisotopic (exact) mass is 250 g/mol. The Morgan fingerprint density at radius 1 is 1.59 bits per heavy atom. The molecule has 0 aromatic carbocycles. The Balaban J connectivity index is 2.64. The van der Waals surface area contributed by atoms with Crippen molar-refractivity contribution in [3.8, 4) is 5.75 Å². The fourth-order valence-electron chi connectivity index (χ4n) is 1.43. The highest BCUT2D eigenvalue weighted by molar-refractivity contribution is 7.17. The molecule has 0 saturated heterocycles. The second-order valence-electron chi connectivity index (χ2n) is 3.15. The summed E-state index contributed by atoms with van der Waals surface area (Å²) in [7, 11) is 0. The van der Waals surface area contributed by atoms with E-state index in [4.69, 9.17) is 5.11 Å². The number of hydrogen-bond donors (Lipinski definition) is 2. The Hall–Kier alpha value is -2.24. The van der Waals surface area contributed by atoms with E-state index in [9.17, 15) is 14.7 Å². The molecular formula is C10H6N2O4S. The summed E-state index contributed by atoms with van der Waals surface area (Å²) < 4.78 is 0.727. The molecule has 1 atom stereocenters. The lowest BCUT2D eigenvalue weighted by Gasteiger charge is -2.07. The predicted octanol–water partition coefficient (Wildman–Crippen LogP) is 1.46. The SMILES string of the molecule is O=C=NC(C(=O)O)c1ncc2sccc2c1O. The standard InChI is InChI=1S/C10H6N2O4S/c13-4-12-8(10(15)16)7-9(14)5-1-2-17-6(5)3-11-7/h1-3,8,14H,(H,15,16). The van der Waals surface area contributed by atoms with Crippen LogP contribution in [0.4, 0.5) is 0 Å². The third kappa shape index (κ3) is 1.89. The van der Waals surface area contributed by atoms with Crippen LogP contribution in [-0.4, -0.2) is 27.2 Å². The molecule has 0 bridgehead atoms. The first-order chi connectivity index (χ1) is 8.15. The molecule has 0 fully saturated rings. The first kappa shape index (κ1) is 11.3. The number of rotatable bonds is 3. The van der Waals surface area contributed by atoms with Crippen LogP contribution < -0.4 is 0 Å². The molecule has 0 amide bonds. The number of carbonyl (C=O) groups excluding carboxylic acids is 1. The van der Waals surface area contributed by atoms with Crippen molar-refractivity contribution in [2.24, 2.45) is 4.99 Å². The number of carboxylic acid groups (broad SMARTS) is 1. The summed E-state index contributed by atoms with van der Waals surface area (Å²) in [6.07, 6.45) is 2.60. The topological polar surface area (TPSA) is 99.9 Å². The van der Waals surface area contributed by atoms with Gasteiger partial charge in [0.15, 0.2) is 0 Å². The van der Waals surface area contributed by atoms with Gasteiger partial charge in [0, 0.05) is 11.6 Å². The van der Waals surface area contributed by atoms with E-state index in [1.807, 2.05) is 0 Å². The molecule has 0 saturated carbocycles. The minimum absolute atomic E-state index is 0.160. The Labute approximate surface area is 98.9 Å². The average Bonchev–Trinajstić information content (AvgIpc) is 2.76. The molecule has 2 rings (SSSR count). The van der Waals surface area contributed by atoms with Crippen molar-refractivity contribution < 1.29 is 19.8 Å². The highest BCUT2D eigenvalue weighted by Gasteiger charge is 2.25. The zero-order valence-electron chi connectivity index (χ0n) is 8.32. The maximum absolute atomic E-state index is 10.9. The van der Waals surface area contributed by atoms with E-state index in [0.717, 1.165) is 10.8 Å². The molecule has 0 spiro atoms. The number of hydrogen-bond acceptors (Lipinski definition) is 6. The van der Waals surface area contributed by atoms with Crippen molar-refractivity contribution in [3.05, 3.63) is 23.3 Å². The minimum Gasteiger partial charge on any atom is -0.505 e. The summed E-state index contributed by atoms with van der Waals surface area (Å²) in [4.78, 5) is 28.0. The fraction of sp³-hybridized carbons (Fsp3) is 0.100. The number of pyridine rings is 1. The van der Waals surface area contributed by atoms with Crippen molar-refractivity contribution >= 4 is 33.5 Å². The molecule has 86 valence electrons. The van der Waals surface area contributed by atoms with Gasteiger partial charge in [0.2, 0.25) is 12.1 Å². The first-order valence-electron chi connectivity index (χ1n) is 4.50. The van der Waals surface area contributed by atoms with Crippen LogP contribution in [-0.2, 0) is 9.59 Å². The van der Waals surface area contributed by atoms with E-state index in [1.165, 1.54) is 17.5 Å². The van der Waals surface area contributed by atoms with E-state index in [1.54, 1.807) is 11.4 Å². The van der Waals surface area contributed by atoms with E-state index >= 15 is 0 Å². The zero-order chi connectivity index (χ0) is 12.4. The van der Waals surface area contributed by atoms with Crippen molar-refractivity contribution in [1.29, 1.82) is 0 Å². The molecule has 2 N–H and O–H groups in total. The Bertz CT molecular complexity index is 628. The van der Waals surface area contributed by atoms with Gasteiger partial charge in [0.05, 0.1) is 4.70 Å². The third-order valence-electron chi connectivity index (χ3n) is 2.19. The van der Waals surface area contributed by atoms with Crippen molar-refractivity contribution in [2.75, 3.05) is 0 Å². The van der Waals surface area contributed by atoms with E-state index < -0.39 is 12.0 Å². The minimum atomic E-state index is -1.53. The van der Waals surface area contributed by atoms with Gasteiger partial charge >= 0.3 is 5.97 Å². The maximum Gasteiger partial charge on any atom is 0.335 e. The highest BCUT2D eigenvalue weighted by atomic mass is 32.1. The van der Waals surface area contributed by atoms with Crippen LogP contribution in [0.3, 0.4) is 0 Å². The van der Waals surface area contributed by atoms with Gasteiger partial charge in [-0.2, -0.15) is 4.99 Å². The number of aromatic nitrogens is 1. The van der Waals surface area contributed by atoms with Gasteiger partial charge in [-0.1, -0.05) is 0 Å². The van der Waals surface area contributed by atoms with Crippen LogP contribution in [0.15, 0.2) is 22.6 Å². The number of fused-ring (bicyclic) bond motifs is 1. The van der Waals surface area contributed by atoms with Crippen molar-refractivity contribution in [1.82, 2.24) is 4.98 Å². The molecule has 7 heteroatoms. The number of aliphatic imine (C=N–C) groups is 1. The second kappa shape index (κ2) is 4.32. The molecule has 0 aliphatic heterocycles. The van der Waals surface area contributed by atoms with Crippen LogP contribution >= 0.6 is 11.3 Å². The third-order valence-corrected chi connectivity index (χ3v) is 3.04. The number of thiophene rings is 1. The molecule has 6 nitrogen and oxygen atoms in total. The van der Waals surface area contributed by atoms with E-state index in [-0.39, 0.29) is 11.4 Å². The fourth-order valence-corrected chi connectivity index (χ4v) is 2.19. The summed E-state index contributed by atoms with van der Waals surface area (Å²) in [6, 6.07) is 0.112. The predicted molar refractivity (Wildman–Crippen MR) is 59.8 cm³/mol. The summed E-state index contributed by atoms with van der Waals surface area (Å²) in [5, 5.41) is 21.0. The summed E-state index contributed by atoms with van der Waals surface area (Å²) in [6.45, 7) is 0. The number of aromatic hydroxyl groups is 1. The molecular weight excluding hydrogens is 244 g/mol. The first-order valence-corrected chi connectivity index (χ1v) is 5.38. The molecule has 2 aromatic heterocycles. The summed E-state index contributed by atoms with van der Waals surface area (Å²) >= 11 is 1.37. The van der Waals surface area contributed by atoms with Crippen LogP contribution in [0.2, 0.25) is 0 Å². The lowest BCUT2D eigenvalue weighted by molar-refractivity contribution is -0.138. The number of isocyanates is 1. The average molecular weight is 250 g/mol. The maximum atomic E-state index is 10.9. The smallest absolute Gasteiger partial charge is 0.335 e. The van der Waals surface area contributed by atoms with E-state index in [0.29, 0.717) is 5.39 Å². The zero-order valence-corrected chi connectivity index (χ0v) is 9.14. The summed E-state index contributed by atoms with van der Waals surface area (Å²) in [5.41, 5.74) is -0.160. The molecule has 2 heterocycles. The number of carbonyl (C=O) groups is 1. The molecule has 0 aliphatic rings. The molecule has 17 heavy (non-hydrogen) atoms. The van der Waals surface area contributed by atoms with Crippen LogP contribution in [0.25, 0.3) is 10.1 Å². The summed E-state index contributed by atoms with van der Waals surface area (Å²) in [5.74, 6) is -1.64. The quantitative estimate of drug-likeness (QED) is 0.634. The van der Waals surface area contributed by atoms with Crippen LogP contribution in [0.5, 0.6) is 5.75 Å². The van der Waals surface area contributed by atoms with Gasteiger partial charge in [0.1, 0.15) is 11.4 Å². The van der Waals surface area contributed by atoms with Crippen molar-refractivity contribution in [2.45, 2.75) is 6.04 Å². The van der Waals surface area contributed by atoms with Gasteiger partial charge in [-0.05, 0) is 11.4 Å². The lowest BCUT2D eigenvalue weighted by atomic mass is 10.1. The molecule has 0 radical (unpaired) electrons. The van der Waals surface area contributed by atoms with Crippen LogP contribution in [0.1, 0.15) is 11.7 Å². The largest absolute Gasteiger partial charge is 0.505 e. The molecule has 2 aromatic rings. The lowest BCUT2D eigenvalue weighted by Crippen LogP contribution is -2.10. The number of nitrogens with zero attached hydrogens (tertiary/aromatic N) is 2. The second-order valence-corrected chi connectivity index (χ2v) is 4.10. The van der Waals surface area contributed by atoms with Gasteiger partial charge in [-0.15, -0.1) is 11.3 Å². The molecule has 1 unspecified atom stereocenters. The Kier molecular flexibility index (Phi) is 2.86. The van der Waals surface area contributed by atoms with Crippen LogP contribution in [0, 0.1) is 0 Å². The highest BCUT2D eigenvalue weighted by Crippen LogP contribution is 2.34. The van der Waals surface area contributed by atoms with Gasteiger partial charge < -0.3 is 10.2 Å². The van der Waals surface area contributed by atoms with Crippen molar-refractivity contribution in [3.63, 3.8) is 0 Å². The van der Waals surface area contributed by atoms with Gasteiger partial charge in [-0.3, -0.25) is 4.98 Å². The van der Waals surface area contributed by atoms with Gasteiger partial charge in [-0.25, -0.2) is 9.59 Å². The number of aliphatic carboxylic acids is 1.